The van der Waals surface area contributed by atoms with E-state index in [1.807, 2.05) is 12.1 Å². The monoisotopic (exact) mass is 385 g/mol. The summed E-state index contributed by atoms with van der Waals surface area (Å²) in [5, 5.41) is 9.43. The SMILES string of the molecule is CC(C)(C)[Si](C)(C)OCc1c(Br)ccc2c1CCN2C(=O)O. The molecule has 1 aliphatic heterocycles. The van der Waals surface area contributed by atoms with E-state index < -0.39 is 14.4 Å². The van der Waals surface area contributed by atoms with Gasteiger partial charge in [-0.05, 0) is 47.8 Å². The maximum atomic E-state index is 11.3. The Hall–Kier alpha value is -0.853. The third kappa shape index (κ3) is 3.24. The normalized spacial score (nSPS) is 15.1. The molecule has 1 heterocycles. The van der Waals surface area contributed by atoms with E-state index in [9.17, 15) is 9.90 Å². The zero-order chi connectivity index (χ0) is 16.7. The van der Waals surface area contributed by atoms with E-state index in [1.165, 1.54) is 4.90 Å². The first kappa shape index (κ1) is 17.5. The van der Waals surface area contributed by atoms with E-state index in [0.29, 0.717) is 13.2 Å². The second-order valence-electron chi connectivity index (χ2n) is 7.26. The number of hydrogen-bond acceptors (Lipinski definition) is 2. The van der Waals surface area contributed by atoms with Crippen LogP contribution in [0, 0.1) is 0 Å². The number of fused-ring (bicyclic) bond motifs is 1. The van der Waals surface area contributed by atoms with Crippen molar-refractivity contribution in [1.82, 2.24) is 0 Å². The van der Waals surface area contributed by atoms with Gasteiger partial charge in [-0.3, -0.25) is 4.90 Å². The Morgan fingerprint density at radius 3 is 2.59 bits per heavy atom. The third-order valence-electron chi connectivity index (χ3n) is 4.84. The fourth-order valence-electron chi connectivity index (χ4n) is 2.35. The summed E-state index contributed by atoms with van der Waals surface area (Å²) in [5.74, 6) is 0. The van der Waals surface area contributed by atoms with Crippen LogP contribution in [0.4, 0.5) is 10.5 Å². The number of halogens is 1. The summed E-state index contributed by atoms with van der Waals surface area (Å²) in [4.78, 5) is 12.7. The molecule has 0 aliphatic carbocycles. The molecule has 2 rings (SSSR count). The van der Waals surface area contributed by atoms with Crippen molar-refractivity contribution >= 4 is 36.0 Å². The fourth-order valence-corrected chi connectivity index (χ4v) is 3.78. The van der Waals surface area contributed by atoms with Crippen molar-refractivity contribution in [2.75, 3.05) is 11.4 Å². The highest BCUT2D eigenvalue weighted by Gasteiger charge is 2.37. The van der Waals surface area contributed by atoms with E-state index in [2.05, 4.69) is 49.8 Å². The number of benzene rings is 1. The van der Waals surface area contributed by atoms with Gasteiger partial charge in [-0.15, -0.1) is 0 Å². The first-order valence-corrected chi connectivity index (χ1v) is 11.2. The summed E-state index contributed by atoms with van der Waals surface area (Å²) in [6, 6.07) is 3.79. The topological polar surface area (TPSA) is 49.8 Å². The number of anilines is 1. The first-order valence-electron chi connectivity index (χ1n) is 7.49. The molecule has 22 heavy (non-hydrogen) atoms. The zero-order valence-electron chi connectivity index (χ0n) is 13.9. The molecule has 0 spiro atoms. The molecule has 0 fully saturated rings. The van der Waals surface area contributed by atoms with Crippen molar-refractivity contribution in [1.29, 1.82) is 0 Å². The summed E-state index contributed by atoms with van der Waals surface area (Å²) in [7, 11) is -1.83. The lowest BCUT2D eigenvalue weighted by atomic mass is 10.1. The van der Waals surface area contributed by atoms with Gasteiger partial charge >= 0.3 is 6.09 Å². The van der Waals surface area contributed by atoms with Gasteiger partial charge < -0.3 is 9.53 Å². The smallest absolute Gasteiger partial charge is 0.411 e. The van der Waals surface area contributed by atoms with Crippen LogP contribution in [0.25, 0.3) is 0 Å². The molecule has 4 nitrogen and oxygen atoms in total. The van der Waals surface area contributed by atoms with Crippen molar-refractivity contribution in [3.8, 4) is 0 Å². The van der Waals surface area contributed by atoms with Gasteiger partial charge in [0, 0.05) is 11.0 Å². The average molecular weight is 386 g/mol. The molecule has 0 saturated heterocycles. The number of carboxylic acid groups (broad SMARTS) is 1. The van der Waals surface area contributed by atoms with Crippen molar-refractivity contribution in [3.63, 3.8) is 0 Å². The van der Waals surface area contributed by atoms with Crippen LogP contribution in [-0.2, 0) is 17.5 Å². The van der Waals surface area contributed by atoms with Gasteiger partial charge in [-0.1, -0.05) is 36.7 Å². The molecular weight excluding hydrogens is 362 g/mol. The maximum absolute atomic E-state index is 11.3. The second kappa shape index (κ2) is 5.98. The van der Waals surface area contributed by atoms with Gasteiger partial charge in [0.15, 0.2) is 8.32 Å². The van der Waals surface area contributed by atoms with Gasteiger partial charge in [0.05, 0.1) is 12.3 Å². The molecule has 0 saturated carbocycles. The molecule has 0 radical (unpaired) electrons. The lowest BCUT2D eigenvalue weighted by molar-refractivity contribution is 0.202. The van der Waals surface area contributed by atoms with Gasteiger partial charge in [-0.2, -0.15) is 0 Å². The van der Waals surface area contributed by atoms with Crippen LogP contribution in [-0.4, -0.2) is 26.1 Å². The Morgan fingerprint density at radius 2 is 2.05 bits per heavy atom. The molecule has 1 amide bonds. The number of nitrogens with zero attached hydrogens (tertiary/aromatic N) is 1. The van der Waals surface area contributed by atoms with Crippen molar-refractivity contribution in [2.45, 2.75) is 51.9 Å². The molecule has 122 valence electrons. The standard InChI is InChI=1S/C16H24BrNO3Si/c1-16(2,3)22(4,5)21-10-12-11-8-9-18(15(19)20)14(11)7-6-13(12)17/h6-7H,8-10H2,1-5H3,(H,19,20). The molecule has 1 aliphatic rings. The molecule has 1 N–H and O–H groups in total. The Balaban J connectivity index is 2.28. The van der Waals surface area contributed by atoms with Crippen LogP contribution >= 0.6 is 15.9 Å². The largest absolute Gasteiger partial charge is 0.465 e. The van der Waals surface area contributed by atoms with Gasteiger partial charge in [0.2, 0.25) is 0 Å². The van der Waals surface area contributed by atoms with Gasteiger partial charge in [-0.25, -0.2) is 4.79 Å². The van der Waals surface area contributed by atoms with Crippen LogP contribution in [0.15, 0.2) is 16.6 Å². The minimum Gasteiger partial charge on any atom is -0.465 e. The molecule has 0 bridgehead atoms. The molecule has 1 aromatic rings. The molecule has 0 aromatic heterocycles. The highest BCUT2D eigenvalue weighted by molar-refractivity contribution is 9.10. The van der Waals surface area contributed by atoms with Crippen LogP contribution in [0.3, 0.4) is 0 Å². The lowest BCUT2D eigenvalue weighted by Crippen LogP contribution is -2.40. The first-order chi connectivity index (χ1) is 10.0. The second-order valence-corrected chi connectivity index (χ2v) is 12.9. The van der Waals surface area contributed by atoms with Gasteiger partial charge in [0.25, 0.3) is 0 Å². The highest BCUT2D eigenvalue weighted by Crippen LogP contribution is 2.39. The molecule has 0 atom stereocenters. The number of rotatable bonds is 3. The predicted molar refractivity (Wildman–Crippen MR) is 95.2 cm³/mol. The van der Waals surface area contributed by atoms with Crippen LogP contribution in [0.5, 0.6) is 0 Å². The van der Waals surface area contributed by atoms with E-state index in [0.717, 1.165) is 27.7 Å². The Labute approximate surface area is 141 Å². The predicted octanol–water partition coefficient (Wildman–Crippen LogP) is 5.01. The maximum Gasteiger partial charge on any atom is 0.411 e. The van der Waals surface area contributed by atoms with Crippen molar-refractivity contribution in [2.24, 2.45) is 0 Å². The summed E-state index contributed by atoms with van der Waals surface area (Å²) in [6.07, 6.45) is -0.144. The Kier molecular flexibility index (Phi) is 4.76. The molecule has 0 unspecified atom stereocenters. The minimum atomic E-state index is -1.83. The van der Waals surface area contributed by atoms with E-state index in [-0.39, 0.29) is 5.04 Å². The van der Waals surface area contributed by atoms with E-state index >= 15 is 0 Å². The minimum absolute atomic E-state index is 0.157. The Morgan fingerprint density at radius 1 is 1.41 bits per heavy atom. The van der Waals surface area contributed by atoms with E-state index in [1.54, 1.807) is 0 Å². The quantitative estimate of drug-likeness (QED) is 0.743. The van der Waals surface area contributed by atoms with Gasteiger partial charge in [0.1, 0.15) is 0 Å². The third-order valence-corrected chi connectivity index (χ3v) is 10.1. The number of hydrogen-bond donors (Lipinski definition) is 1. The molecular formula is C16H24BrNO3Si. The zero-order valence-corrected chi connectivity index (χ0v) is 16.5. The van der Waals surface area contributed by atoms with Crippen LogP contribution in [0.1, 0.15) is 31.9 Å². The average Bonchev–Trinajstić information content (AvgIpc) is 2.80. The summed E-state index contributed by atoms with van der Waals surface area (Å²) in [6.45, 7) is 12.2. The van der Waals surface area contributed by atoms with E-state index in [4.69, 9.17) is 4.43 Å². The molecule has 6 heteroatoms. The highest BCUT2D eigenvalue weighted by atomic mass is 79.9. The fraction of sp³-hybridized carbons (Fsp3) is 0.562. The van der Waals surface area contributed by atoms with Crippen molar-refractivity contribution < 1.29 is 14.3 Å². The van der Waals surface area contributed by atoms with Crippen LogP contribution in [0.2, 0.25) is 18.1 Å². The number of carbonyl (C=O) groups is 1. The summed E-state index contributed by atoms with van der Waals surface area (Å²) < 4.78 is 7.32. The number of amides is 1. The lowest BCUT2D eigenvalue weighted by Gasteiger charge is -2.36. The van der Waals surface area contributed by atoms with Crippen LogP contribution < -0.4 is 4.90 Å². The summed E-state index contributed by atoms with van der Waals surface area (Å²) in [5.41, 5.74) is 2.98. The molecule has 1 aromatic carbocycles. The summed E-state index contributed by atoms with van der Waals surface area (Å²) >= 11 is 3.59. The Bertz CT molecular complexity index is 596. The van der Waals surface area contributed by atoms with Crippen molar-refractivity contribution in [3.05, 3.63) is 27.7 Å².